The van der Waals surface area contributed by atoms with E-state index in [0.29, 0.717) is 16.8 Å². The number of carbonyl (C=O) groups excluding carboxylic acids is 1. The molecule has 0 fully saturated rings. The van der Waals surface area contributed by atoms with Gasteiger partial charge in [-0.3, -0.25) is 9.36 Å². The third-order valence-electron chi connectivity index (χ3n) is 5.58. The number of halogens is 3. The first-order valence-corrected chi connectivity index (χ1v) is 14.7. The number of alkyl halides is 2. The van der Waals surface area contributed by atoms with Crippen LogP contribution in [0, 0.1) is 5.41 Å². The van der Waals surface area contributed by atoms with Gasteiger partial charge >= 0.3 is 32.2 Å². The number of ether oxygens (including phenoxy) is 1. The molecular formula is C24H25BrF2N2O8PS+. The topological polar surface area (TPSA) is 145 Å². The highest BCUT2D eigenvalue weighted by Gasteiger charge is 2.64. The molecule has 2 aromatic carbocycles. The third kappa shape index (κ3) is 6.52. The minimum Gasteiger partial charge on any atom is -0.400 e. The van der Waals surface area contributed by atoms with Crippen LogP contribution in [0.5, 0.6) is 0 Å². The van der Waals surface area contributed by atoms with E-state index in [2.05, 4.69) is 30.2 Å². The summed E-state index contributed by atoms with van der Waals surface area (Å²) in [5.74, 6) is -9.47. The number of rotatable bonds is 9. The molecule has 1 aromatic heterocycles. The van der Waals surface area contributed by atoms with E-state index in [1.165, 1.54) is 67.9 Å². The zero-order valence-electron chi connectivity index (χ0n) is 21.1. The van der Waals surface area contributed by atoms with Crippen molar-refractivity contribution in [3.8, 4) is 11.3 Å². The molecule has 0 radical (unpaired) electrons. The minimum absolute atomic E-state index is 0.0718. The molecule has 10 nitrogen and oxygen atoms in total. The van der Waals surface area contributed by atoms with Gasteiger partial charge in [-0.25, -0.2) is 13.2 Å². The maximum atomic E-state index is 15.5. The van der Waals surface area contributed by atoms with E-state index in [1.807, 2.05) is 0 Å². The number of H-pyrrole nitrogens is 1. The Morgan fingerprint density at radius 1 is 1.15 bits per heavy atom. The number of hydrogen-bond acceptors (Lipinski definition) is 8. The van der Waals surface area contributed by atoms with Gasteiger partial charge in [-0.1, -0.05) is 44.7 Å². The first kappa shape index (κ1) is 30.8. The highest BCUT2D eigenvalue weighted by atomic mass is 79.9. The summed E-state index contributed by atoms with van der Waals surface area (Å²) in [7, 11) is -5.30. The number of aromatic amines is 1. The van der Waals surface area contributed by atoms with E-state index in [9.17, 15) is 27.7 Å². The van der Waals surface area contributed by atoms with Crippen LogP contribution in [-0.4, -0.2) is 41.3 Å². The SMILES string of the molecule is CC(C)(C)C(=O)OC(O)(O[PH+]=O)C(F)(F)c1ccc(Cn2c(-c3ccc(S(C)(=O)=O)cc3)c[nH]c2=O)cc1Br. The summed E-state index contributed by atoms with van der Waals surface area (Å²) in [6.07, 6.45) is 2.50. The normalized spacial score (nSPS) is 14.3. The predicted octanol–water partition coefficient (Wildman–Crippen LogP) is 4.34. The molecule has 0 amide bonds. The fourth-order valence-corrected chi connectivity index (χ4v) is 5.00. The molecule has 15 heteroatoms. The van der Waals surface area contributed by atoms with Crippen LogP contribution < -0.4 is 5.69 Å². The highest BCUT2D eigenvalue weighted by Crippen LogP contribution is 2.46. The summed E-state index contributed by atoms with van der Waals surface area (Å²) in [4.78, 5) is 27.4. The van der Waals surface area contributed by atoms with Gasteiger partial charge in [0.2, 0.25) is 0 Å². The van der Waals surface area contributed by atoms with Crippen molar-refractivity contribution in [1.29, 1.82) is 0 Å². The summed E-state index contributed by atoms with van der Waals surface area (Å²) >= 11 is 3.03. The molecule has 3 aromatic rings. The molecule has 0 aliphatic heterocycles. The fourth-order valence-electron chi connectivity index (χ4n) is 3.41. The molecule has 0 saturated carbocycles. The zero-order valence-corrected chi connectivity index (χ0v) is 24.5. The minimum atomic E-state index is -4.37. The van der Waals surface area contributed by atoms with Crippen LogP contribution in [-0.2, 0) is 40.9 Å². The van der Waals surface area contributed by atoms with Crippen molar-refractivity contribution in [1.82, 2.24) is 9.55 Å². The van der Waals surface area contributed by atoms with Gasteiger partial charge in [0, 0.05) is 22.5 Å². The summed E-state index contributed by atoms with van der Waals surface area (Å²) < 4.78 is 75.4. The van der Waals surface area contributed by atoms with Crippen LogP contribution in [0.2, 0.25) is 0 Å². The summed E-state index contributed by atoms with van der Waals surface area (Å²) in [6, 6.07) is 9.33. The van der Waals surface area contributed by atoms with Crippen molar-refractivity contribution in [2.24, 2.45) is 5.41 Å². The van der Waals surface area contributed by atoms with E-state index >= 15 is 8.78 Å². The van der Waals surface area contributed by atoms with Crippen molar-refractivity contribution in [3.05, 3.63) is 74.7 Å². The van der Waals surface area contributed by atoms with Gasteiger partial charge in [0.05, 0.1) is 22.5 Å². The molecule has 39 heavy (non-hydrogen) atoms. The monoisotopic (exact) mass is 649 g/mol. The standard InChI is InChI=1S/C24H24BrF2N2O8PS/c1-22(2,3)20(30)36-24(32,37-38-33)23(26,27)17-10-5-14(11-18(17)25)13-29-19(12-28-21(29)31)15-6-8-16(9-7-15)39(4,34)35/h5-12,32,38H,13H2,1-4H3/p+1. The van der Waals surface area contributed by atoms with E-state index in [1.54, 1.807) is 0 Å². The second-order valence-electron chi connectivity index (χ2n) is 9.66. The summed E-state index contributed by atoms with van der Waals surface area (Å²) in [5, 5.41) is 10.5. The molecule has 3 rings (SSSR count). The van der Waals surface area contributed by atoms with Crippen molar-refractivity contribution in [2.75, 3.05) is 6.26 Å². The Hall–Kier alpha value is -2.77. The number of nitrogens with one attached hydrogen (secondary N) is 1. The van der Waals surface area contributed by atoms with Gasteiger partial charge < -0.3 is 14.8 Å². The molecule has 0 spiro atoms. The van der Waals surface area contributed by atoms with E-state index in [0.717, 1.165) is 12.3 Å². The van der Waals surface area contributed by atoms with Crippen LogP contribution in [0.3, 0.4) is 0 Å². The predicted molar refractivity (Wildman–Crippen MR) is 141 cm³/mol. The second-order valence-corrected chi connectivity index (χ2v) is 12.9. The molecule has 2 unspecified atom stereocenters. The van der Waals surface area contributed by atoms with Crippen molar-refractivity contribution < 1.29 is 40.9 Å². The van der Waals surface area contributed by atoms with Gasteiger partial charge in [0.25, 0.3) is 0 Å². The van der Waals surface area contributed by atoms with Crippen molar-refractivity contribution in [2.45, 2.75) is 44.1 Å². The molecule has 0 aliphatic rings. The van der Waals surface area contributed by atoms with Gasteiger partial charge in [-0.05, 0) is 54.7 Å². The van der Waals surface area contributed by atoms with Crippen LogP contribution in [0.1, 0.15) is 31.9 Å². The Balaban J connectivity index is 1.96. The van der Waals surface area contributed by atoms with Gasteiger partial charge in [-0.2, -0.15) is 8.78 Å². The average molecular weight is 650 g/mol. The number of hydrogen-bond donors (Lipinski definition) is 2. The molecule has 1 heterocycles. The zero-order chi connectivity index (χ0) is 29.4. The molecule has 2 atom stereocenters. The van der Waals surface area contributed by atoms with Crippen LogP contribution in [0.15, 0.2) is 62.8 Å². The molecule has 210 valence electrons. The molecular weight excluding hydrogens is 625 g/mol. The molecule has 0 saturated heterocycles. The van der Waals surface area contributed by atoms with E-state index < -0.39 is 53.1 Å². The van der Waals surface area contributed by atoms with Crippen LogP contribution in [0.4, 0.5) is 8.78 Å². The quantitative estimate of drug-likeness (QED) is 0.198. The first-order valence-electron chi connectivity index (χ1n) is 11.2. The molecule has 0 bridgehead atoms. The number of carbonyl (C=O) groups is 1. The lowest BCUT2D eigenvalue weighted by molar-refractivity contribution is -0.397. The smallest absolute Gasteiger partial charge is 0.400 e. The number of esters is 1. The second kappa shape index (κ2) is 11.0. The van der Waals surface area contributed by atoms with Gasteiger partial charge in [0.1, 0.15) is 0 Å². The Bertz CT molecular complexity index is 1570. The number of aliphatic hydroxyl groups is 1. The summed E-state index contributed by atoms with van der Waals surface area (Å²) in [5.41, 5.74) is -1.29. The maximum Gasteiger partial charge on any atom is 0.501 e. The first-order chi connectivity index (χ1) is 17.9. The number of sulfone groups is 1. The van der Waals surface area contributed by atoms with E-state index in [4.69, 9.17) is 0 Å². The largest absolute Gasteiger partial charge is 0.501 e. The van der Waals surface area contributed by atoms with Crippen LogP contribution in [0.25, 0.3) is 11.3 Å². The van der Waals surface area contributed by atoms with E-state index in [-0.39, 0.29) is 15.9 Å². The number of aromatic nitrogens is 2. The number of nitrogens with zero attached hydrogens (tertiary/aromatic N) is 1. The lowest BCUT2D eigenvalue weighted by atomic mass is 9.97. The number of imidazole rings is 1. The summed E-state index contributed by atoms with van der Waals surface area (Å²) in [6.45, 7) is 4.04. The molecule has 2 N–H and O–H groups in total. The molecule has 0 aliphatic carbocycles. The average Bonchev–Trinajstić information content (AvgIpc) is 3.17. The lowest BCUT2D eigenvalue weighted by Gasteiger charge is -2.32. The van der Waals surface area contributed by atoms with Gasteiger partial charge in [0.15, 0.2) is 9.84 Å². The Kier molecular flexibility index (Phi) is 8.69. The maximum absolute atomic E-state index is 15.5. The van der Waals surface area contributed by atoms with Crippen molar-refractivity contribution >= 4 is 40.4 Å². The number of benzene rings is 2. The van der Waals surface area contributed by atoms with Crippen molar-refractivity contribution in [3.63, 3.8) is 0 Å². The Morgan fingerprint density at radius 2 is 1.77 bits per heavy atom. The van der Waals surface area contributed by atoms with Crippen LogP contribution >= 0.6 is 24.6 Å². The highest BCUT2D eigenvalue weighted by molar-refractivity contribution is 9.10. The third-order valence-corrected chi connectivity index (χ3v) is 7.72. The Labute approximate surface area is 232 Å². The van der Waals surface area contributed by atoms with Gasteiger partial charge in [-0.15, -0.1) is 0 Å². The Morgan fingerprint density at radius 3 is 2.28 bits per heavy atom. The lowest BCUT2D eigenvalue weighted by Crippen LogP contribution is -2.52. The fraction of sp³-hybridized carbons (Fsp3) is 0.333.